The van der Waals surface area contributed by atoms with Gasteiger partial charge in [-0.1, -0.05) is 164 Å². The SMILES string of the molecule is c1ccc(-c2ccccc2-c2nc(-c3cc4ccc5cccc6c7cccc8ccc9cccc(c(c3)c4c56)c9c87)nc(-c3cccc4sc5ccccc5c34)n2)cc1. The third-order valence-corrected chi connectivity index (χ3v) is 13.4. The second-order valence-electron chi connectivity index (χ2n) is 15.5. The molecule has 13 rings (SSSR count). The summed E-state index contributed by atoms with van der Waals surface area (Å²) in [5.41, 5.74) is 5.11. The predicted molar refractivity (Wildman–Crippen MR) is 251 cm³/mol. The van der Waals surface area contributed by atoms with Crippen LogP contribution in [-0.4, -0.2) is 15.0 Å². The molecule has 0 bridgehead atoms. The van der Waals surface area contributed by atoms with Crippen molar-refractivity contribution >= 4 is 96.1 Å². The lowest BCUT2D eigenvalue weighted by Crippen LogP contribution is -2.01. The maximum absolute atomic E-state index is 5.45. The van der Waals surface area contributed by atoms with Crippen LogP contribution in [-0.2, 0) is 0 Å². The molecular formula is C55H31N3S. The first kappa shape index (κ1) is 32.5. The largest absolute Gasteiger partial charge is 0.208 e. The van der Waals surface area contributed by atoms with Crippen molar-refractivity contribution in [2.75, 3.05) is 0 Å². The first-order chi connectivity index (χ1) is 29.2. The molecule has 2 aromatic heterocycles. The van der Waals surface area contributed by atoms with Gasteiger partial charge in [-0.25, -0.2) is 15.0 Å². The Hall–Kier alpha value is -7.53. The number of nitrogens with zero attached hydrogens (tertiary/aromatic N) is 3. The van der Waals surface area contributed by atoms with Crippen LogP contribution >= 0.6 is 11.3 Å². The Kier molecular flexibility index (Phi) is 6.89. The Bertz CT molecular complexity index is 3840. The van der Waals surface area contributed by atoms with Gasteiger partial charge in [-0.2, -0.15) is 0 Å². The fourth-order valence-corrected chi connectivity index (χ4v) is 10.8. The van der Waals surface area contributed by atoms with Gasteiger partial charge >= 0.3 is 0 Å². The lowest BCUT2D eigenvalue weighted by molar-refractivity contribution is 1.08. The van der Waals surface area contributed by atoms with Gasteiger partial charge in [0.05, 0.1) is 0 Å². The van der Waals surface area contributed by atoms with Crippen LogP contribution in [0.25, 0.3) is 130 Å². The first-order valence-corrected chi connectivity index (χ1v) is 20.8. The number of hydrogen-bond donors (Lipinski definition) is 0. The number of fused-ring (bicyclic) bond motifs is 5. The standard InChI is InChI=1S/C55H31N3S/c1-2-12-32(13-3-1)38-17-4-5-18-42(38)54-56-53(57-55(58-54)44-23-11-25-47-52(44)43-19-6-7-24-46(43)59-47)37-30-36-29-28-35-15-9-21-40-39-20-8-14-33-26-27-34-16-10-22-41(50(34)48(33)39)45(31-37)51(36)49(35)40/h1-31H. The fourth-order valence-electron chi connectivity index (χ4n) is 9.67. The third-order valence-electron chi connectivity index (χ3n) is 12.2. The maximum atomic E-state index is 5.45. The molecule has 4 heteroatoms. The highest BCUT2D eigenvalue weighted by Crippen LogP contribution is 2.45. The topological polar surface area (TPSA) is 38.7 Å². The van der Waals surface area contributed by atoms with E-state index in [1.54, 1.807) is 0 Å². The molecule has 59 heavy (non-hydrogen) atoms. The number of benzene rings is 10. The van der Waals surface area contributed by atoms with Crippen molar-refractivity contribution in [1.82, 2.24) is 15.0 Å². The zero-order valence-corrected chi connectivity index (χ0v) is 32.5. The van der Waals surface area contributed by atoms with Crippen LogP contribution in [0.2, 0.25) is 0 Å². The van der Waals surface area contributed by atoms with Gasteiger partial charge in [0.1, 0.15) is 0 Å². The van der Waals surface area contributed by atoms with Crippen molar-refractivity contribution in [3.8, 4) is 45.3 Å². The summed E-state index contributed by atoms with van der Waals surface area (Å²) in [6, 6.07) is 68.0. The average molecular weight is 766 g/mol. The molecule has 0 spiro atoms. The highest BCUT2D eigenvalue weighted by Gasteiger charge is 2.21. The Morgan fingerprint density at radius 3 is 1.47 bits per heavy atom. The van der Waals surface area contributed by atoms with E-state index in [0.29, 0.717) is 17.5 Å². The van der Waals surface area contributed by atoms with Crippen molar-refractivity contribution in [3.05, 3.63) is 188 Å². The van der Waals surface area contributed by atoms with Gasteiger partial charge in [-0.15, -0.1) is 11.3 Å². The Labute approximate surface area is 342 Å². The second-order valence-corrected chi connectivity index (χ2v) is 16.5. The molecule has 13 aromatic rings. The number of rotatable bonds is 4. The van der Waals surface area contributed by atoms with E-state index in [9.17, 15) is 0 Å². The molecule has 0 radical (unpaired) electrons. The summed E-state index contributed by atoms with van der Waals surface area (Å²) in [5.74, 6) is 1.94. The molecule has 272 valence electrons. The highest BCUT2D eigenvalue weighted by molar-refractivity contribution is 7.25. The molecule has 0 saturated carbocycles. The molecule has 0 unspecified atom stereocenters. The summed E-state index contributed by atoms with van der Waals surface area (Å²) in [7, 11) is 0. The average Bonchev–Trinajstić information content (AvgIpc) is 3.69. The van der Waals surface area contributed by atoms with Crippen molar-refractivity contribution < 1.29 is 0 Å². The molecule has 0 fully saturated rings. The minimum absolute atomic E-state index is 0.642. The lowest BCUT2D eigenvalue weighted by Gasteiger charge is -2.17. The molecule has 0 aliphatic heterocycles. The third kappa shape index (κ3) is 4.84. The van der Waals surface area contributed by atoms with Crippen LogP contribution in [0.4, 0.5) is 0 Å². The van der Waals surface area contributed by atoms with Crippen LogP contribution in [0.15, 0.2) is 188 Å². The quantitative estimate of drug-likeness (QED) is 0.168. The summed E-state index contributed by atoms with van der Waals surface area (Å²) in [6.07, 6.45) is 0. The number of aromatic nitrogens is 3. The van der Waals surface area contributed by atoms with Gasteiger partial charge in [0.2, 0.25) is 0 Å². The van der Waals surface area contributed by atoms with Crippen molar-refractivity contribution in [2.24, 2.45) is 0 Å². The Morgan fingerprint density at radius 2 is 0.763 bits per heavy atom. The van der Waals surface area contributed by atoms with Crippen LogP contribution in [0.5, 0.6) is 0 Å². The van der Waals surface area contributed by atoms with Gasteiger partial charge in [0.25, 0.3) is 0 Å². The summed E-state index contributed by atoms with van der Waals surface area (Å²) in [5, 5.41) is 17.2. The van der Waals surface area contributed by atoms with Crippen LogP contribution in [0.3, 0.4) is 0 Å². The van der Waals surface area contributed by atoms with Crippen molar-refractivity contribution in [1.29, 1.82) is 0 Å². The molecule has 3 nitrogen and oxygen atoms in total. The van der Waals surface area contributed by atoms with Gasteiger partial charge < -0.3 is 0 Å². The Balaban J connectivity index is 1.17. The number of hydrogen-bond acceptors (Lipinski definition) is 4. The summed E-state index contributed by atoms with van der Waals surface area (Å²) >= 11 is 1.81. The molecule has 0 N–H and O–H groups in total. The van der Waals surface area contributed by atoms with E-state index in [0.717, 1.165) is 33.2 Å². The molecule has 0 saturated heterocycles. The van der Waals surface area contributed by atoms with E-state index >= 15 is 0 Å². The van der Waals surface area contributed by atoms with E-state index < -0.39 is 0 Å². The maximum Gasteiger partial charge on any atom is 0.164 e. The van der Waals surface area contributed by atoms with E-state index in [-0.39, 0.29) is 0 Å². The number of thiophene rings is 1. The molecular weight excluding hydrogens is 735 g/mol. The molecule has 11 aromatic carbocycles. The second kappa shape index (κ2) is 12.5. The van der Waals surface area contributed by atoms with Crippen LogP contribution in [0.1, 0.15) is 0 Å². The summed E-state index contributed by atoms with van der Waals surface area (Å²) < 4.78 is 2.46. The fraction of sp³-hybridized carbons (Fsp3) is 0. The van der Waals surface area contributed by atoms with E-state index in [1.807, 2.05) is 11.3 Å². The van der Waals surface area contributed by atoms with Gasteiger partial charge in [0.15, 0.2) is 17.5 Å². The zero-order valence-electron chi connectivity index (χ0n) is 31.6. The summed E-state index contributed by atoms with van der Waals surface area (Å²) in [4.78, 5) is 16.2. The molecule has 2 heterocycles. The first-order valence-electron chi connectivity index (χ1n) is 20.0. The van der Waals surface area contributed by atoms with E-state index in [2.05, 4.69) is 188 Å². The molecule has 0 aliphatic rings. The highest BCUT2D eigenvalue weighted by atomic mass is 32.1. The van der Waals surface area contributed by atoms with Crippen LogP contribution < -0.4 is 0 Å². The molecule has 0 atom stereocenters. The van der Waals surface area contributed by atoms with Crippen molar-refractivity contribution in [3.63, 3.8) is 0 Å². The Morgan fingerprint density at radius 1 is 0.271 bits per heavy atom. The zero-order chi connectivity index (χ0) is 38.6. The smallest absolute Gasteiger partial charge is 0.164 e. The summed E-state index contributed by atoms with van der Waals surface area (Å²) in [6.45, 7) is 0. The monoisotopic (exact) mass is 765 g/mol. The normalized spacial score (nSPS) is 12.1. The van der Waals surface area contributed by atoms with Crippen LogP contribution in [0, 0.1) is 0 Å². The predicted octanol–water partition coefficient (Wildman–Crippen LogP) is 15.3. The van der Waals surface area contributed by atoms with E-state index in [4.69, 9.17) is 15.0 Å². The van der Waals surface area contributed by atoms with Gasteiger partial charge in [0, 0.05) is 36.9 Å². The van der Waals surface area contributed by atoms with Gasteiger partial charge in [-0.3, -0.25) is 0 Å². The minimum atomic E-state index is 0.642. The van der Waals surface area contributed by atoms with E-state index in [1.165, 1.54) is 79.4 Å². The molecule has 0 aliphatic carbocycles. The van der Waals surface area contributed by atoms with Crippen molar-refractivity contribution in [2.45, 2.75) is 0 Å². The lowest BCUT2D eigenvalue weighted by atomic mass is 9.87. The molecule has 0 amide bonds. The van der Waals surface area contributed by atoms with Gasteiger partial charge in [-0.05, 0) is 100 Å². The minimum Gasteiger partial charge on any atom is -0.208 e.